The third-order valence-corrected chi connectivity index (χ3v) is 4.03. The number of aryl methyl sites for hydroxylation is 1. The average molecular weight is 292 g/mol. The number of nitrogens with zero attached hydrogens (tertiary/aromatic N) is 1. The molecule has 0 bridgehead atoms. The molecule has 1 heterocycles. The molecule has 0 unspecified atom stereocenters. The van der Waals surface area contributed by atoms with Crippen LogP contribution in [0.5, 0.6) is 0 Å². The highest BCUT2D eigenvalue weighted by molar-refractivity contribution is 5.90. The van der Waals surface area contributed by atoms with E-state index in [1.807, 2.05) is 54.3 Å². The molecular formula is C19H20N2O. The molecule has 3 heteroatoms. The minimum absolute atomic E-state index is 0.0299. The molecule has 1 aliphatic heterocycles. The van der Waals surface area contributed by atoms with E-state index in [0.717, 1.165) is 24.2 Å². The number of anilines is 1. The predicted octanol–water partition coefficient (Wildman–Crippen LogP) is 4.32. The average Bonchev–Trinajstić information content (AvgIpc) is 2.58. The summed E-state index contributed by atoms with van der Waals surface area (Å²) in [5.74, 6) is 0. The second kappa shape index (κ2) is 6.48. The summed E-state index contributed by atoms with van der Waals surface area (Å²) in [6, 6.07) is 18.2. The molecule has 0 atom stereocenters. The molecule has 112 valence electrons. The first-order valence-corrected chi connectivity index (χ1v) is 7.60. The first-order chi connectivity index (χ1) is 10.7. The van der Waals surface area contributed by atoms with Crippen molar-refractivity contribution in [1.29, 1.82) is 0 Å². The maximum absolute atomic E-state index is 12.3. The van der Waals surface area contributed by atoms with E-state index in [1.54, 1.807) is 0 Å². The smallest absolute Gasteiger partial charge is 0.320 e. The van der Waals surface area contributed by atoms with E-state index < -0.39 is 0 Å². The van der Waals surface area contributed by atoms with Gasteiger partial charge in [-0.25, -0.2) is 4.79 Å². The van der Waals surface area contributed by atoms with Crippen molar-refractivity contribution in [2.24, 2.45) is 0 Å². The highest BCUT2D eigenvalue weighted by Crippen LogP contribution is 2.22. The van der Waals surface area contributed by atoms with Gasteiger partial charge < -0.3 is 10.2 Å². The number of hydrogen-bond acceptors (Lipinski definition) is 1. The highest BCUT2D eigenvalue weighted by Gasteiger charge is 2.18. The number of hydrogen-bond donors (Lipinski definition) is 1. The van der Waals surface area contributed by atoms with Crippen molar-refractivity contribution in [3.63, 3.8) is 0 Å². The third kappa shape index (κ3) is 3.19. The Kier molecular flexibility index (Phi) is 4.24. The van der Waals surface area contributed by atoms with Crippen LogP contribution >= 0.6 is 0 Å². The Morgan fingerprint density at radius 1 is 1.05 bits per heavy atom. The zero-order valence-corrected chi connectivity index (χ0v) is 12.8. The lowest BCUT2D eigenvalue weighted by Crippen LogP contribution is -2.38. The molecule has 3 rings (SSSR count). The van der Waals surface area contributed by atoms with Gasteiger partial charge in [0.15, 0.2) is 0 Å². The van der Waals surface area contributed by atoms with Gasteiger partial charge in [-0.2, -0.15) is 0 Å². The quantitative estimate of drug-likeness (QED) is 0.878. The minimum Gasteiger partial charge on any atom is -0.320 e. The molecule has 0 spiro atoms. The van der Waals surface area contributed by atoms with E-state index in [4.69, 9.17) is 0 Å². The lowest BCUT2D eigenvalue weighted by Gasteiger charge is -2.27. The second-order valence-corrected chi connectivity index (χ2v) is 5.54. The maximum Gasteiger partial charge on any atom is 0.322 e. The third-order valence-electron chi connectivity index (χ3n) is 4.03. The molecule has 0 radical (unpaired) electrons. The molecule has 0 saturated carbocycles. The van der Waals surface area contributed by atoms with Crippen LogP contribution in [0.3, 0.4) is 0 Å². The Hall–Kier alpha value is -2.55. The van der Waals surface area contributed by atoms with Crippen molar-refractivity contribution in [3.05, 3.63) is 71.8 Å². The normalized spacial score (nSPS) is 14.4. The topological polar surface area (TPSA) is 32.3 Å². The van der Waals surface area contributed by atoms with Gasteiger partial charge in [0.1, 0.15) is 0 Å². The Labute approximate surface area is 131 Å². The fourth-order valence-corrected chi connectivity index (χ4v) is 2.68. The van der Waals surface area contributed by atoms with Gasteiger partial charge in [0.05, 0.1) is 0 Å². The Morgan fingerprint density at radius 3 is 2.45 bits per heavy atom. The van der Waals surface area contributed by atoms with E-state index in [0.29, 0.717) is 6.54 Å². The van der Waals surface area contributed by atoms with Gasteiger partial charge in [-0.05, 0) is 36.1 Å². The van der Waals surface area contributed by atoms with E-state index in [-0.39, 0.29) is 6.03 Å². The second-order valence-electron chi connectivity index (χ2n) is 5.54. The maximum atomic E-state index is 12.3. The van der Waals surface area contributed by atoms with Crippen LogP contribution in [0.2, 0.25) is 0 Å². The fraction of sp³-hybridized carbons (Fsp3) is 0.211. The van der Waals surface area contributed by atoms with E-state index in [1.165, 1.54) is 11.1 Å². The van der Waals surface area contributed by atoms with Crippen LogP contribution in [0.25, 0.3) is 5.57 Å². The van der Waals surface area contributed by atoms with E-state index in [9.17, 15) is 4.79 Å². The lowest BCUT2D eigenvalue weighted by atomic mass is 10.00. The summed E-state index contributed by atoms with van der Waals surface area (Å²) in [4.78, 5) is 14.2. The van der Waals surface area contributed by atoms with Crippen LogP contribution in [-0.4, -0.2) is 24.0 Å². The summed E-state index contributed by atoms with van der Waals surface area (Å²) in [5, 5.41) is 2.99. The summed E-state index contributed by atoms with van der Waals surface area (Å²) in [6.07, 6.45) is 3.04. The van der Waals surface area contributed by atoms with Crippen molar-refractivity contribution in [2.75, 3.05) is 18.4 Å². The monoisotopic (exact) mass is 292 g/mol. The molecule has 0 aliphatic carbocycles. The van der Waals surface area contributed by atoms with Crippen LogP contribution < -0.4 is 5.32 Å². The number of nitrogens with one attached hydrogen (secondary N) is 1. The van der Waals surface area contributed by atoms with Crippen molar-refractivity contribution in [1.82, 2.24) is 4.90 Å². The fourth-order valence-electron chi connectivity index (χ4n) is 2.68. The summed E-state index contributed by atoms with van der Waals surface area (Å²) in [5.41, 5.74) is 4.53. The zero-order valence-electron chi connectivity index (χ0n) is 12.8. The largest absolute Gasteiger partial charge is 0.322 e. The summed E-state index contributed by atoms with van der Waals surface area (Å²) < 4.78 is 0. The van der Waals surface area contributed by atoms with Crippen LogP contribution in [-0.2, 0) is 0 Å². The first-order valence-electron chi connectivity index (χ1n) is 7.60. The van der Waals surface area contributed by atoms with Crippen molar-refractivity contribution >= 4 is 17.3 Å². The van der Waals surface area contributed by atoms with Crippen LogP contribution in [0, 0.1) is 6.92 Å². The Balaban J connectivity index is 1.65. The number of para-hydroxylation sites is 1. The van der Waals surface area contributed by atoms with E-state index >= 15 is 0 Å². The molecule has 22 heavy (non-hydrogen) atoms. The number of urea groups is 1. The Morgan fingerprint density at radius 2 is 1.77 bits per heavy atom. The van der Waals surface area contributed by atoms with Gasteiger partial charge in [0, 0.05) is 18.8 Å². The molecule has 0 aromatic heterocycles. The molecule has 1 aliphatic rings. The van der Waals surface area contributed by atoms with Gasteiger partial charge >= 0.3 is 6.03 Å². The number of amides is 2. The first kappa shape index (κ1) is 14.4. The van der Waals surface area contributed by atoms with Gasteiger partial charge in [-0.1, -0.05) is 54.6 Å². The summed E-state index contributed by atoms with van der Waals surface area (Å²) >= 11 is 0. The van der Waals surface area contributed by atoms with Crippen molar-refractivity contribution in [2.45, 2.75) is 13.3 Å². The standard InChI is InChI=1S/C19H20N2O/c1-15-7-5-6-10-18(15)20-19(22)21-13-11-17(12-14-21)16-8-3-2-4-9-16/h2-11H,12-14H2,1H3,(H,20,22). The highest BCUT2D eigenvalue weighted by atomic mass is 16.2. The van der Waals surface area contributed by atoms with Crippen molar-refractivity contribution < 1.29 is 4.79 Å². The van der Waals surface area contributed by atoms with Crippen LogP contribution in [0.1, 0.15) is 17.5 Å². The molecule has 0 saturated heterocycles. The van der Waals surface area contributed by atoms with Crippen LogP contribution in [0.15, 0.2) is 60.7 Å². The van der Waals surface area contributed by atoms with Gasteiger partial charge in [-0.3, -0.25) is 0 Å². The SMILES string of the molecule is Cc1ccccc1NC(=O)N1CC=C(c2ccccc2)CC1. The predicted molar refractivity (Wildman–Crippen MR) is 90.8 cm³/mol. The lowest BCUT2D eigenvalue weighted by molar-refractivity contribution is 0.217. The molecule has 3 nitrogen and oxygen atoms in total. The minimum atomic E-state index is -0.0299. The number of benzene rings is 2. The number of rotatable bonds is 2. The molecule has 1 N–H and O–H groups in total. The number of carbonyl (C=O) groups is 1. The van der Waals surface area contributed by atoms with Gasteiger partial charge in [0.25, 0.3) is 0 Å². The molecule has 0 fully saturated rings. The molecule has 2 aromatic rings. The molecule has 2 amide bonds. The number of carbonyl (C=O) groups excluding carboxylic acids is 1. The molecular weight excluding hydrogens is 272 g/mol. The summed E-state index contributed by atoms with van der Waals surface area (Å²) in [6.45, 7) is 3.40. The van der Waals surface area contributed by atoms with Crippen molar-refractivity contribution in [3.8, 4) is 0 Å². The Bertz CT molecular complexity index is 692. The van der Waals surface area contributed by atoms with Gasteiger partial charge in [0.2, 0.25) is 0 Å². The van der Waals surface area contributed by atoms with E-state index in [2.05, 4.69) is 23.5 Å². The van der Waals surface area contributed by atoms with Gasteiger partial charge in [-0.15, -0.1) is 0 Å². The summed E-state index contributed by atoms with van der Waals surface area (Å²) in [7, 11) is 0. The molecule has 2 aromatic carbocycles. The zero-order chi connectivity index (χ0) is 15.4. The van der Waals surface area contributed by atoms with Crippen LogP contribution in [0.4, 0.5) is 10.5 Å².